The molecule has 0 radical (unpaired) electrons. The van der Waals surface area contributed by atoms with E-state index in [1.54, 1.807) is 59.6 Å². The van der Waals surface area contributed by atoms with Crippen LogP contribution in [0.15, 0.2) is 24.3 Å². The third kappa shape index (κ3) is 4.46. The molecule has 1 aliphatic heterocycles. The Bertz CT molecular complexity index is 1530. The van der Waals surface area contributed by atoms with Crippen LogP contribution in [-0.2, 0) is 33.3 Å². The maximum Gasteiger partial charge on any atom is 0.340 e. The van der Waals surface area contributed by atoms with Gasteiger partial charge in [-0.05, 0) is 43.9 Å². The number of nitrogens with zero attached hydrogens (tertiary/aromatic N) is 1. The quantitative estimate of drug-likeness (QED) is 0.233. The van der Waals surface area contributed by atoms with Gasteiger partial charge in [0, 0.05) is 82.3 Å². The lowest BCUT2D eigenvalue weighted by molar-refractivity contribution is -0.320. The van der Waals surface area contributed by atoms with Crippen molar-refractivity contribution in [1.29, 1.82) is 0 Å². The van der Waals surface area contributed by atoms with Gasteiger partial charge in [-0.25, -0.2) is 4.79 Å². The minimum atomic E-state index is -1.70. The number of methoxy groups -OCH3 is 4. The summed E-state index contributed by atoms with van der Waals surface area (Å²) >= 11 is 0. The van der Waals surface area contributed by atoms with Crippen molar-refractivity contribution in [2.45, 2.75) is 87.6 Å². The van der Waals surface area contributed by atoms with Crippen molar-refractivity contribution in [3.8, 4) is 0 Å². The number of likely N-dealkylation sites (tertiary alicyclic amines) is 1. The van der Waals surface area contributed by atoms with E-state index < -0.39 is 57.9 Å². The van der Waals surface area contributed by atoms with E-state index in [-0.39, 0.29) is 72.7 Å². The Balaban J connectivity index is 1.28. The van der Waals surface area contributed by atoms with E-state index >= 15 is 0 Å². The fraction of sp³-hybridized carbons (Fsp3) is 0.757. The molecule has 5 N–H and O–H groups in total. The molecular weight excluding hydrogens is 646 g/mol. The van der Waals surface area contributed by atoms with Gasteiger partial charge in [-0.1, -0.05) is 26.0 Å². The number of primary amides is 1. The van der Waals surface area contributed by atoms with Gasteiger partial charge in [-0.2, -0.15) is 0 Å². The van der Waals surface area contributed by atoms with Gasteiger partial charge in [-0.15, -0.1) is 0 Å². The zero-order valence-corrected chi connectivity index (χ0v) is 29.9. The molecule has 1 aromatic rings. The normalized spacial score (nSPS) is 44.4. The number of anilines is 1. The Hall–Kier alpha value is -2.65. The highest BCUT2D eigenvalue weighted by Gasteiger charge is 2.91. The molecule has 5 saturated carbocycles. The van der Waals surface area contributed by atoms with Crippen LogP contribution in [0.5, 0.6) is 0 Å². The number of ether oxygens (including phenoxy) is 5. The third-order valence-electron chi connectivity index (χ3n) is 14.2. The van der Waals surface area contributed by atoms with Crippen molar-refractivity contribution < 1.29 is 48.3 Å². The SMILES string of the molecule is CCN1C[C@]2(COC(=O)c3ccccc3NC(=O)C[C@@H](C)C(N)=O)CC[C@H](OC)[C@@]34[C@@H]5C[C@H]6[C@H](OC)[C@@H]5[C@](O)(C[C@@H]6OC)[C@](O)([C@@H](OC)[C@H]23)[C@@H]14. The van der Waals surface area contributed by atoms with Crippen LogP contribution >= 0.6 is 0 Å². The lowest BCUT2D eigenvalue weighted by Gasteiger charge is -2.70. The zero-order valence-electron chi connectivity index (χ0n) is 29.9. The maximum atomic E-state index is 13.9. The maximum absolute atomic E-state index is 13.9. The summed E-state index contributed by atoms with van der Waals surface area (Å²) in [5.41, 5.74) is 1.27. The monoisotopic (exact) mass is 699 g/mol. The molecule has 1 saturated heterocycles. The van der Waals surface area contributed by atoms with E-state index in [1.165, 1.54) is 0 Å². The van der Waals surface area contributed by atoms with Crippen molar-refractivity contribution in [3.63, 3.8) is 0 Å². The molecule has 14 atom stereocenters. The molecule has 13 heteroatoms. The van der Waals surface area contributed by atoms with Crippen LogP contribution in [0.1, 0.15) is 56.3 Å². The fourth-order valence-corrected chi connectivity index (χ4v) is 12.6. The van der Waals surface area contributed by atoms with E-state index in [1.807, 2.05) is 0 Å². The summed E-state index contributed by atoms with van der Waals surface area (Å²) in [6.07, 6.45) is 0.591. The number of piperidine rings is 1. The molecule has 7 rings (SSSR count). The topological polar surface area (TPSA) is 179 Å². The summed E-state index contributed by atoms with van der Waals surface area (Å²) in [5.74, 6) is -3.01. The Morgan fingerprint density at radius 1 is 1.08 bits per heavy atom. The lowest BCUT2D eigenvalue weighted by Crippen LogP contribution is -2.82. The molecule has 0 unspecified atom stereocenters. The van der Waals surface area contributed by atoms with Crippen molar-refractivity contribution in [3.05, 3.63) is 29.8 Å². The molecule has 5 aliphatic carbocycles. The number of fused-ring (bicyclic) bond motifs is 2. The van der Waals surface area contributed by atoms with Crippen LogP contribution in [0.25, 0.3) is 0 Å². The first-order valence-corrected chi connectivity index (χ1v) is 18.0. The van der Waals surface area contributed by atoms with Crippen molar-refractivity contribution >= 4 is 23.5 Å². The van der Waals surface area contributed by atoms with E-state index in [4.69, 9.17) is 29.4 Å². The molecule has 1 heterocycles. The molecule has 50 heavy (non-hydrogen) atoms. The van der Waals surface area contributed by atoms with Gasteiger partial charge >= 0.3 is 5.97 Å². The number of aliphatic hydroxyl groups is 2. The number of likely N-dealkylation sites (N-methyl/N-ethyl adjacent to an activating group) is 1. The van der Waals surface area contributed by atoms with Gasteiger partial charge in [0.15, 0.2) is 0 Å². The first-order chi connectivity index (χ1) is 23.8. The Kier molecular flexibility index (Phi) is 8.93. The number of esters is 1. The van der Waals surface area contributed by atoms with E-state index in [9.17, 15) is 24.6 Å². The van der Waals surface area contributed by atoms with Crippen molar-refractivity contribution in [1.82, 2.24) is 4.90 Å². The molecule has 6 fully saturated rings. The second-order valence-electron chi connectivity index (χ2n) is 15.9. The Morgan fingerprint density at radius 3 is 2.46 bits per heavy atom. The number of amides is 2. The second-order valence-corrected chi connectivity index (χ2v) is 15.9. The zero-order chi connectivity index (χ0) is 36.0. The van der Waals surface area contributed by atoms with E-state index in [0.717, 1.165) is 6.42 Å². The van der Waals surface area contributed by atoms with Crippen LogP contribution < -0.4 is 11.1 Å². The number of benzene rings is 1. The summed E-state index contributed by atoms with van der Waals surface area (Å²) < 4.78 is 31.3. The lowest BCUT2D eigenvalue weighted by atomic mass is 9.42. The van der Waals surface area contributed by atoms with Gasteiger partial charge in [-0.3, -0.25) is 14.5 Å². The smallest absolute Gasteiger partial charge is 0.340 e. The molecule has 0 aromatic heterocycles. The standard InChI is InChI=1S/C37H53N3O10/c1-7-40-17-34(18-50-32(43)20-10-8-9-11-23(20)39-26(41)14-19(2)31(38)42)13-12-25(47-4)36-22-15-21-24(46-3)16-35(44,27(22)28(21)48-5)37(45,33(36)40)30(49-6)29(34)36/h8-11,19,21-22,24-25,27-30,33,44-45H,7,12-18H2,1-6H3,(H2,38,42)(H,39,41)/t19-,21-,22-,24+,25+,27-,28+,29-,30+,33+,34+,35-,36+,37+/m1/s1. The number of hydrogen-bond acceptors (Lipinski definition) is 11. The van der Waals surface area contributed by atoms with Crippen LogP contribution in [0.2, 0.25) is 0 Å². The number of carbonyl (C=O) groups excluding carboxylic acids is 3. The van der Waals surface area contributed by atoms with Crippen LogP contribution in [0, 0.1) is 40.4 Å². The summed E-state index contributed by atoms with van der Waals surface area (Å²) in [5, 5.41) is 29.3. The first-order valence-electron chi connectivity index (χ1n) is 18.0. The molecule has 276 valence electrons. The average molecular weight is 700 g/mol. The molecular formula is C37H53N3O10. The number of rotatable bonds is 12. The summed E-state index contributed by atoms with van der Waals surface area (Å²) in [7, 11) is 6.69. The Morgan fingerprint density at radius 2 is 1.82 bits per heavy atom. The number of hydrogen-bond donors (Lipinski definition) is 4. The average Bonchev–Trinajstić information content (AvgIpc) is 3.52. The van der Waals surface area contributed by atoms with Gasteiger partial charge in [0.05, 0.1) is 48.3 Å². The Labute approximate surface area is 293 Å². The van der Waals surface area contributed by atoms with Crippen LogP contribution in [0.4, 0.5) is 5.69 Å². The van der Waals surface area contributed by atoms with Crippen LogP contribution in [0.3, 0.4) is 0 Å². The first kappa shape index (κ1) is 35.7. The fourth-order valence-electron chi connectivity index (χ4n) is 12.6. The molecule has 1 spiro atoms. The predicted octanol–water partition coefficient (Wildman–Crippen LogP) is 1.59. The summed E-state index contributed by atoms with van der Waals surface area (Å²) in [6, 6.07) is 6.16. The number of para-hydroxylation sites is 1. The van der Waals surface area contributed by atoms with E-state index in [0.29, 0.717) is 25.9 Å². The number of nitrogens with one attached hydrogen (secondary N) is 1. The van der Waals surface area contributed by atoms with Gasteiger partial charge in [0.1, 0.15) is 11.2 Å². The highest BCUT2D eigenvalue weighted by Crippen LogP contribution is 2.80. The minimum absolute atomic E-state index is 0.0405. The van der Waals surface area contributed by atoms with Gasteiger partial charge in [0.2, 0.25) is 11.8 Å². The predicted molar refractivity (Wildman–Crippen MR) is 180 cm³/mol. The second kappa shape index (κ2) is 12.5. The molecule has 7 bridgehead atoms. The molecule has 2 amide bonds. The number of carbonyl (C=O) groups is 3. The van der Waals surface area contributed by atoms with Crippen molar-refractivity contribution in [2.24, 2.45) is 46.2 Å². The molecule has 1 aromatic carbocycles. The third-order valence-corrected chi connectivity index (χ3v) is 14.2. The van der Waals surface area contributed by atoms with Gasteiger partial charge < -0.3 is 44.9 Å². The van der Waals surface area contributed by atoms with Crippen LogP contribution in [-0.4, -0.2) is 123 Å². The summed E-state index contributed by atoms with van der Waals surface area (Å²) in [6.45, 7) is 4.82. The van der Waals surface area contributed by atoms with Crippen molar-refractivity contribution in [2.75, 3.05) is 53.5 Å². The molecule has 13 nitrogen and oxygen atoms in total. The largest absolute Gasteiger partial charge is 0.461 e. The highest BCUT2D eigenvalue weighted by atomic mass is 16.5. The number of nitrogens with two attached hydrogens (primary N) is 1. The summed E-state index contributed by atoms with van der Waals surface area (Å²) in [4.78, 5) is 40.5. The minimum Gasteiger partial charge on any atom is -0.461 e. The van der Waals surface area contributed by atoms with Gasteiger partial charge in [0.25, 0.3) is 0 Å². The molecule has 6 aliphatic rings. The van der Waals surface area contributed by atoms with E-state index in [2.05, 4.69) is 17.1 Å². The highest BCUT2D eigenvalue weighted by molar-refractivity contribution is 6.02.